The Bertz CT molecular complexity index is 303. The number of carbonyl (C=O) groups is 1. The summed E-state index contributed by atoms with van der Waals surface area (Å²) in [5, 5.41) is 6.96. The van der Waals surface area contributed by atoms with Crippen molar-refractivity contribution >= 4 is 33.2 Å². The fraction of sp³-hybridized carbons (Fsp3) is 0.636. The zero-order valence-electron chi connectivity index (χ0n) is 9.41. The summed E-state index contributed by atoms with van der Waals surface area (Å²) in [6.07, 6.45) is 4.42. The lowest BCUT2D eigenvalue weighted by molar-refractivity contribution is -0.121. The van der Waals surface area contributed by atoms with Crippen LogP contribution in [0.4, 0.5) is 0 Å². The standard InChI is InChI=1S/C11H17BrN2OS/c1-9(11-13-6-7-16-11)8-14-10(15)4-2-3-5-12/h6-7,9H,2-5,8H2,1H3,(H,14,15). The quantitative estimate of drug-likeness (QED) is 0.621. The molecule has 0 aliphatic rings. The van der Waals surface area contributed by atoms with Crippen LogP contribution >= 0.6 is 27.3 Å². The van der Waals surface area contributed by atoms with E-state index in [1.807, 2.05) is 5.38 Å². The molecule has 90 valence electrons. The molecule has 3 nitrogen and oxygen atoms in total. The minimum absolute atomic E-state index is 0.143. The maximum atomic E-state index is 11.4. The van der Waals surface area contributed by atoms with Crippen LogP contribution in [0.15, 0.2) is 11.6 Å². The number of alkyl halides is 1. The van der Waals surface area contributed by atoms with Crippen LogP contribution in [0.3, 0.4) is 0 Å². The van der Waals surface area contributed by atoms with Crippen LogP contribution < -0.4 is 5.32 Å². The molecule has 0 aliphatic carbocycles. The highest BCUT2D eigenvalue weighted by atomic mass is 79.9. The van der Waals surface area contributed by atoms with Crippen LogP contribution in [0.2, 0.25) is 0 Å². The molecule has 0 aliphatic heterocycles. The van der Waals surface area contributed by atoms with Gasteiger partial charge in [0.05, 0.1) is 5.01 Å². The first-order chi connectivity index (χ1) is 7.74. The van der Waals surface area contributed by atoms with Crippen LogP contribution in [-0.4, -0.2) is 22.8 Å². The zero-order valence-corrected chi connectivity index (χ0v) is 11.8. The maximum Gasteiger partial charge on any atom is 0.220 e. The second-order valence-electron chi connectivity index (χ2n) is 3.72. The molecule has 0 bridgehead atoms. The van der Waals surface area contributed by atoms with Gasteiger partial charge in [0.15, 0.2) is 0 Å². The Balaban J connectivity index is 2.16. The van der Waals surface area contributed by atoms with E-state index in [0.717, 1.165) is 23.2 Å². The Labute approximate surface area is 109 Å². The Hall–Kier alpha value is -0.420. The van der Waals surface area contributed by atoms with Crippen LogP contribution in [0, 0.1) is 0 Å². The second kappa shape index (κ2) is 7.79. The monoisotopic (exact) mass is 304 g/mol. The lowest BCUT2D eigenvalue weighted by atomic mass is 10.2. The Morgan fingerprint density at radius 2 is 2.44 bits per heavy atom. The highest BCUT2D eigenvalue weighted by Crippen LogP contribution is 2.16. The molecule has 0 fully saturated rings. The molecule has 0 saturated carbocycles. The Kier molecular flexibility index (Phi) is 6.64. The fourth-order valence-electron chi connectivity index (χ4n) is 1.30. The molecule has 0 spiro atoms. The number of nitrogens with one attached hydrogen (secondary N) is 1. The molecule has 1 amide bonds. The smallest absolute Gasteiger partial charge is 0.220 e. The summed E-state index contributed by atoms with van der Waals surface area (Å²) in [5.74, 6) is 0.449. The van der Waals surface area contributed by atoms with Crippen molar-refractivity contribution in [3.8, 4) is 0 Å². The van der Waals surface area contributed by atoms with E-state index in [2.05, 4.69) is 33.2 Å². The third-order valence-corrected chi connectivity index (χ3v) is 3.83. The van der Waals surface area contributed by atoms with Gasteiger partial charge in [-0.25, -0.2) is 4.98 Å². The molecule has 1 aromatic heterocycles. The number of aromatic nitrogens is 1. The summed E-state index contributed by atoms with van der Waals surface area (Å²) in [4.78, 5) is 15.7. The number of hydrogen-bond acceptors (Lipinski definition) is 3. The number of hydrogen-bond donors (Lipinski definition) is 1. The van der Waals surface area contributed by atoms with Crippen LogP contribution in [0.5, 0.6) is 0 Å². The minimum Gasteiger partial charge on any atom is -0.355 e. The van der Waals surface area contributed by atoms with Crippen LogP contribution in [0.1, 0.15) is 37.1 Å². The lowest BCUT2D eigenvalue weighted by Gasteiger charge is -2.09. The van der Waals surface area contributed by atoms with Gasteiger partial charge < -0.3 is 5.32 Å². The number of rotatable bonds is 7. The first-order valence-corrected chi connectivity index (χ1v) is 7.46. The van der Waals surface area contributed by atoms with Crippen molar-refractivity contribution in [2.24, 2.45) is 0 Å². The van der Waals surface area contributed by atoms with Gasteiger partial charge in [-0.05, 0) is 12.8 Å². The summed E-state index contributed by atoms with van der Waals surface area (Å²) in [6, 6.07) is 0. The van der Waals surface area contributed by atoms with E-state index in [-0.39, 0.29) is 5.91 Å². The highest BCUT2D eigenvalue weighted by Gasteiger charge is 2.09. The van der Waals surface area contributed by atoms with Gasteiger partial charge in [0.25, 0.3) is 0 Å². The molecule has 0 aromatic carbocycles. The molecular weight excluding hydrogens is 288 g/mol. The number of carbonyl (C=O) groups excluding carboxylic acids is 1. The number of unbranched alkanes of at least 4 members (excludes halogenated alkanes) is 1. The summed E-state index contributed by atoms with van der Waals surface area (Å²) < 4.78 is 0. The van der Waals surface area contributed by atoms with Gasteiger partial charge in [-0.1, -0.05) is 22.9 Å². The molecule has 16 heavy (non-hydrogen) atoms. The van der Waals surface area contributed by atoms with Gasteiger partial charge in [0.2, 0.25) is 5.91 Å². The number of nitrogens with zero attached hydrogens (tertiary/aromatic N) is 1. The predicted molar refractivity (Wildman–Crippen MR) is 71.2 cm³/mol. The van der Waals surface area contributed by atoms with Crippen molar-refractivity contribution in [2.75, 3.05) is 11.9 Å². The number of amides is 1. The molecular formula is C11H17BrN2OS. The number of halogens is 1. The summed E-state index contributed by atoms with van der Waals surface area (Å²) in [6.45, 7) is 2.76. The molecule has 0 radical (unpaired) electrons. The molecule has 1 unspecified atom stereocenters. The average molecular weight is 305 g/mol. The summed E-state index contributed by atoms with van der Waals surface area (Å²) in [7, 11) is 0. The van der Waals surface area contributed by atoms with E-state index < -0.39 is 0 Å². The average Bonchev–Trinajstić information content (AvgIpc) is 2.79. The SMILES string of the molecule is CC(CNC(=O)CCCCBr)c1nccs1. The molecule has 1 aromatic rings. The predicted octanol–water partition coefficient (Wildman–Crippen LogP) is 2.93. The van der Waals surface area contributed by atoms with Crippen molar-refractivity contribution in [1.29, 1.82) is 0 Å². The Morgan fingerprint density at radius 1 is 1.62 bits per heavy atom. The molecule has 1 N–H and O–H groups in total. The zero-order chi connectivity index (χ0) is 11.8. The van der Waals surface area contributed by atoms with Crippen LogP contribution in [0.25, 0.3) is 0 Å². The van der Waals surface area contributed by atoms with Crippen molar-refractivity contribution < 1.29 is 4.79 Å². The normalized spacial score (nSPS) is 12.4. The van der Waals surface area contributed by atoms with E-state index in [4.69, 9.17) is 0 Å². The molecule has 1 heterocycles. The summed E-state index contributed by atoms with van der Waals surface area (Å²) >= 11 is 4.98. The molecule has 1 atom stereocenters. The number of thiazole rings is 1. The third kappa shape index (κ3) is 5.07. The van der Waals surface area contributed by atoms with E-state index >= 15 is 0 Å². The third-order valence-electron chi connectivity index (χ3n) is 2.27. The topological polar surface area (TPSA) is 42.0 Å². The molecule has 1 rings (SSSR count). The fourth-order valence-corrected chi connectivity index (χ4v) is 2.40. The van der Waals surface area contributed by atoms with Gasteiger partial charge in [0, 0.05) is 35.8 Å². The largest absolute Gasteiger partial charge is 0.355 e. The van der Waals surface area contributed by atoms with Gasteiger partial charge in [-0.3, -0.25) is 4.79 Å². The van der Waals surface area contributed by atoms with Gasteiger partial charge in [-0.2, -0.15) is 0 Å². The van der Waals surface area contributed by atoms with Crippen LogP contribution in [-0.2, 0) is 4.79 Å². The molecule has 5 heteroatoms. The van der Waals surface area contributed by atoms with Gasteiger partial charge in [0.1, 0.15) is 0 Å². The van der Waals surface area contributed by atoms with Gasteiger partial charge >= 0.3 is 0 Å². The minimum atomic E-state index is 0.143. The van der Waals surface area contributed by atoms with E-state index in [1.165, 1.54) is 0 Å². The second-order valence-corrected chi connectivity index (χ2v) is 5.44. The molecule has 0 saturated heterocycles. The maximum absolute atomic E-state index is 11.4. The van der Waals surface area contributed by atoms with E-state index in [9.17, 15) is 4.79 Å². The van der Waals surface area contributed by atoms with E-state index in [1.54, 1.807) is 17.5 Å². The van der Waals surface area contributed by atoms with Crippen molar-refractivity contribution in [1.82, 2.24) is 10.3 Å². The van der Waals surface area contributed by atoms with Gasteiger partial charge in [-0.15, -0.1) is 11.3 Å². The van der Waals surface area contributed by atoms with E-state index in [0.29, 0.717) is 18.9 Å². The van der Waals surface area contributed by atoms with Crippen molar-refractivity contribution in [3.05, 3.63) is 16.6 Å². The van der Waals surface area contributed by atoms with Crippen molar-refractivity contribution in [2.45, 2.75) is 32.1 Å². The Morgan fingerprint density at radius 3 is 3.06 bits per heavy atom. The lowest BCUT2D eigenvalue weighted by Crippen LogP contribution is -2.27. The first-order valence-electron chi connectivity index (χ1n) is 5.46. The first kappa shape index (κ1) is 13.6. The van der Waals surface area contributed by atoms with Crippen molar-refractivity contribution in [3.63, 3.8) is 0 Å². The highest BCUT2D eigenvalue weighted by molar-refractivity contribution is 9.09. The summed E-state index contributed by atoms with van der Waals surface area (Å²) in [5.41, 5.74) is 0.